The normalized spacial score (nSPS) is 16.8. The number of nitrogens with zero attached hydrogens (tertiary/aromatic N) is 4. The molecule has 0 fully saturated rings. The Kier molecular flexibility index (Phi) is 14.3. The molecule has 4 aliphatic heterocycles. The van der Waals surface area contributed by atoms with Gasteiger partial charge in [0.05, 0.1) is 64.5 Å². The highest BCUT2D eigenvalue weighted by Gasteiger charge is 2.39. The third kappa shape index (κ3) is 10.2. The van der Waals surface area contributed by atoms with Crippen LogP contribution in [-0.4, -0.2) is 102 Å². The van der Waals surface area contributed by atoms with Crippen LogP contribution in [0.15, 0.2) is 96.0 Å². The number of methoxy groups -OCH3 is 3. The topological polar surface area (TPSA) is 121 Å². The van der Waals surface area contributed by atoms with E-state index in [4.69, 9.17) is 50.8 Å². The molecule has 13 nitrogen and oxygen atoms in total. The summed E-state index contributed by atoms with van der Waals surface area (Å²) in [5.41, 5.74) is 9.47. The number of aryl methyl sites for hydroxylation is 1. The number of para-hydroxylation sites is 2. The summed E-state index contributed by atoms with van der Waals surface area (Å²) in [4.78, 5) is 39.2. The Morgan fingerprint density at radius 1 is 0.676 bits per heavy atom. The van der Waals surface area contributed by atoms with Gasteiger partial charge in [-0.05, 0) is 109 Å². The van der Waals surface area contributed by atoms with E-state index in [1.165, 1.54) is 5.56 Å². The lowest BCUT2D eigenvalue weighted by molar-refractivity contribution is 0.0264. The maximum Gasteiger partial charge on any atom is 0.261 e. The summed E-state index contributed by atoms with van der Waals surface area (Å²) >= 11 is 4.95. The van der Waals surface area contributed by atoms with E-state index in [0.717, 1.165) is 58.6 Å². The van der Waals surface area contributed by atoms with Crippen molar-refractivity contribution in [2.24, 2.45) is 4.99 Å². The first-order valence-corrected chi connectivity index (χ1v) is 23.8. The average Bonchev–Trinajstić information content (AvgIpc) is 3.83. The molecule has 0 spiro atoms. The molecule has 0 radical (unpaired) electrons. The first-order valence-electron chi connectivity index (χ1n) is 23.3. The van der Waals surface area contributed by atoms with Crippen LogP contribution in [0.5, 0.6) is 23.0 Å². The van der Waals surface area contributed by atoms with E-state index in [-0.39, 0.29) is 41.9 Å². The van der Waals surface area contributed by atoms with Gasteiger partial charge in [0, 0.05) is 72.3 Å². The van der Waals surface area contributed by atoms with Gasteiger partial charge in [0.15, 0.2) is 23.0 Å². The lowest BCUT2D eigenvalue weighted by Gasteiger charge is -2.32. The molecule has 0 saturated carbocycles. The molecule has 14 heteroatoms. The summed E-state index contributed by atoms with van der Waals surface area (Å²) in [6, 6.07) is 29.7. The fourth-order valence-corrected chi connectivity index (χ4v) is 9.88. The lowest BCUT2D eigenvalue weighted by Crippen LogP contribution is -2.37. The van der Waals surface area contributed by atoms with Gasteiger partial charge in [-0.25, -0.2) is 0 Å². The average molecular weight is 941 g/mol. The minimum Gasteiger partial charge on any atom is -0.493 e. The third-order valence-electron chi connectivity index (χ3n) is 12.9. The van der Waals surface area contributed by atoms with Crippen molar-refractivity contribution in [2.45, 2.75) is 69.6 Å². The predicted octanol–water partition coefficient (Wildman–Crippen LogP) is 8.86. The van der Waals surface area contributed by atoms with Crippen LogP contribution >= 0.6 is 12.6 Å². The number of thiol groups is 1. The Labute approximate surface area is 404 Å². The first kappa shape index (κ1) is 47.0. The molecule has 4 aliphatic rings. The Morgan fingerprint density at radius 3 is 1.96 bits per heavy atom. The Hall–Kier alpha value is -6.06. The molecule has 0 saturated heterocycles. The van der Waals surface area contributed by atoms with Gasteiger partial charge in [-0.1, -0.05) is 36.4 Å². The predicted molar refractivity (Wildman–Crippen MR) is 268 cm³/mol. The van der Waals surface area contributed by atoms with Crippen molar-refractivity contribution in [1.82, 2.24) is 0 Å². The van der Waals surface area contributed by atoms with Gasteiger partial charge in [0.1, 0.15) is 13.2 Å². The third-order valence-corrected chi connectivity index (χ3v) is 13.0. The molecule has 68 heavy (non-hydrogen) atoms. The van der Waals surface area contributed by atoms with E-state index >= 15 is 0 Å². The van der Waals surface area contributed by atoms with Crippen LogP contribution in [0.3, 0.4) is 0 Å². The number of anilines is 3. The minimum absolute atomic E-state index is 0.0138. The van der Waals surface area contributed by atoms with Crippen molar-refractivity contribution in [2.75, 3.05) is 82.2 Å². The number of hydrogen-bond acceptors (Lipinski definition) is 12. The molecular weight excluding hydrogens is 881 g/mol. The molecule has 4 heterocycles. The van der Waals surface area contributed by atoms with E-state index in [2.05, 4.69) is 49.1 Å². The second-order valence-corrected chi connectivity index (χ2v) is 19.5. The molecule has 5 aromatic rings. The number of amides is 2. The van der Waals surface area contributed by atoms with Crippen molar-refractivity contribution in [3.63, 3.8) is 0 Å². The summed E-state index contributed by atoms with van der Waals surface area (Å²) in [5, 5.41) is 0. The van der Waals surface area contributed by atoms with Crippen molar-refractivity contribution >= 4 is 53.4 Å². The molecule has 0 aromatic heterocycles. The second-order valence-electron chi connectivity index (χ2n) is 18.3. The molecule has 2 amide bonds. The maximum atomic E-state index is 14.2. The molecule has 9 rings (SSSR count). The zero-order valence-electron chi connectivity index (χ0n) is 39.5. The van der Waals surface area contributed by atoms with Crippen LogP contribution in [0.2, 0.25) is 0 Å². The van der Waals surface area contributed by atoms with Crippen LogP contribution in [0.25, 0.3) is 0 Å². The number of ether oxygens (including phenoxy) is 7. The Bertz CT molecular complexity index is 2680. The lowest BCUT2D eigenvalue weighted by atomic mass is 9.99. The molecular formula is C54H60N4O9S. The van der Waals surface area contributed by atoms with Crippen molar-refractivity contribution in [1.29, 1.82) is 0 Å². The molecule has 0 unspecified atom stereocenters. The summed E-state index contributed by atoms with van der Waals surface area (Å²) in [7, 11) is 4.83. The Morgan fingerprint density at radius 2 is 1.28 bits per heavy atom. The van der Waals surface area contributed by atoms with Crippen LogP contribution in [0, 0.1) is 0 Å². The Balaban J connectivity index is 0.986. The number of carbonyl (C=O) groups is 2. The highest BCUT2D eigenvalue weighted by Crippen LogP contribution is 2.43. The van der Waals surface area contributed by atoms with Crippen LogP contribution in [-0.2, 0) is 46.7 Å². The fraction of sp³-hybridized carbons (Fsp3) is 0.389. The number of carbonyl (C=O) groups excluding carboxylic acids is 2. The summed E-state index contributed by atoms with van der Waals surface area (Å²) in [6.45, 7) is 8.22. The van der Waals surface area contributed by atoms with E-state index in [1.807, 2.05) is 64.5 Å². The van der Waals surface area contributed by atoms with Crippen molar-refractivity contribution < 1.29 is 42.7 Å². The van der Waals surface area contributed by atoms with E-state index < -0.39 is 0 Å². The molecule has 5 aromatic carbocycles. The molecule has 0 bridgehead atoms. The minimum atomic E-state index is -0.347. The van der Waals surface area contributed by atoms with E-state index in [0.29, 0.717) is 92.4 Å². The SMILES string of the molecule is COCCOCCOCCN(CC(C)(C)S)c1cc(COc2cc3c(cc2OC)C(=O)N2c4ccccc4C[C@H]2CC3)cc(COc2cc3c(cc2OC)C(=O)N2c4ccccc4C[C@H]2C=N3)c1. The summed E-state index contributed by atoms with van der Waals surface area (Å²) < 4.78 is 41.4. The van der Waals surface area contributed by atoms with Gasteiger partial charge in [0.2, 0.25) is 0 Å². The zero-order chi connectivity index (χ0) is 47.4. The fourth-order valence-electron chi connectivity index (χ4n) is 9.71. The van der Waals surface area contributed by atoms with Crippen LogP contribution in [0.1, 0.15) is 68.8 Å². The summed E-state index contributed by atoms with van der Waals surface area (Å²) in [5.74, 6) is 1.80. The van der Waals surface area contributed by atoms with Gasteiger partial charge in [-0.15, -0.1) is 0 Å². The highest BCUT2D eigenvalue weighted by atomic mass is 32.1. The van der Waals surface area contributed by atoms with Crippen molar-refractivity contribution in [3.05, 3.63) is 130 Å². The van der Waals surface area contributed by atoms with Gasteiger partial charge in [0.25, 0.3) is 11.8 Å². The van der Waals surface area contributed by atoms with E-state index in [1.54, 1.807) is 33.5 Å². The molecule has 0 N–H and O–H groups in total. The number of fused-ring (bicyclic) bond motifs is 8. The number of rotatable bonds is 20. The quantitative estimate of drug-likeness (QED) is 0.0599. The standard InChI is InChI=1S/C54H60N4O9S/c1-54(2,68)34-56(16-17-64-20-21-65-19-18-61-3)41-23-35(32-66-50-27-37-14-15-40-25-38-10-6-8-12-46(38)57(40)52(59)43(37)28-48(50)62-4)22-36(24-41)33-67-51-30-45-44(29-49(51)63-5)53(60)58-42(31-55-45)26-39-11-7-9-13-47(39)58/h6-13,22-24,27-31,40,42,68H,14-21,25-26,32-34H2,1-5H3/t40-,42+/m1/s1. The maximum absolute atomic E-state index is 14.2. The number of benzene rings is 5. The highest BCUT2D eigenvalue weighted by molar-refractivity contribution is 7.81. The molecule has 2 atom stereocenters. The van der Waals surface area contributed by atoms with Gasteiger partial charge < -0.3 is 43.0 Å². The largest absolute Gasteiger partial charge is 0.493 e. The molecule has 356 valence electrons. The molecule has 0 aliphatic carbocycles. The van der Waals surface area contributed by atoms with Crippen LogP contribution < -0.4 is 33.6 Å². The van der Waals surface area contributed by atoms with Crippen molar-refractivity contribution in [3.8, 4) is 23.0 Å². The van der Waals surface area contributed by atoms with E-state index in [9.17, 15) is 9.59 Å². The first-order chi connectivity index (χ1) is 33.0. The smallest absolute Gasteiger partial charge is 0.261 e. The van der Waals surface area contributed by atoms with Gasteiger partial charge >= 0.3 is 0 Å². The number of hydrogen-bond donors (Lipinski definition) is 1. The van der Waals surface area contributed by atoms with Crippen LogP contribution in [0.4, 0.5) is 22.7 Å². The van der Waals surface area contributed by atoms with Gasteiger partial charge in [-0.2, -0.15) is 12.6 Å². The number of aliphatic imine (C=N–C) groups is 1. The second kappa shape index (κ2) is 20.7. The monoisotopic (exact) mass is 940 g/mol. The summed E-state index contributed by atoms with van der Waals surface area (Å²) in [6.07, 6.45) is 4.98. The van der Waals surface area contributed by atoms with Gasteiger partial charge in [-0.3, -0.25) is 19.5 Å². The zero-order valence-corrected chi connectivity index (χ0v) is 40.4.